The van der Waals surface area contributed by atoms with Crippen molar-refractivity contribution < 1.29 is 19.1 Å². The van der Waals surface area contributed by atoms with Crippen molar-refractivity contribution >= 4 is 23.2 Å². The van der Waals surface area contributed by atoms with E-state index in [1.54, 1.807) is 49.7 Å². The van der Waals surface area contributed by atoms with E-state index < -0.39 is 0 Å². The van der Waals surface area contributed by atoms with E-state index in [1.165, 1.54) is 4.90 Å². The number of likely N-dealkylation sites (N-methyl/N-ethyl adjacent to an activating group) is 1. The van der Waals surface area contributed by atoms with Crippen LogP contribution in [0.4, 0.5) is 0 Å². The lowest BCUT2D eigenvalue weighted by Crippen LogP contribution is -2.30. The molecule has 33 heavy (non-hydrogen) atoms. The number of hydrogen-bond acceptors (Lipinski definition) is 6. The van der Waals surface area contributed by atoms with E-state index >= 15 is 0 Å². The maximum absolute atomic E-state index is 12.9. The largest absolute Gasteiger partial charge is 0.487 e. The van der Waals surface area contributed by atoms with Gasteiger partial charge in [-0.3, -0.25) is 9.59 Å². The molecule has 0 fully saturated rings. The van der Waals surface area contributed by atoms with Crippen LogP contribution in [-0.2, 0) is 11.4 Å². The van der Waals surface area contributed by atoms with Crippen LogP contribution in [0.1, 0.15) is 46.0 Å². The van der Waals surface area contributed by atoms with E-state index in [0.29, 0.717) is 30.1 Å². The van der Waals surface area contributed by atoms with E-state index in [4.69, 9.17) is 9.47 Å². The van der Waals surface area contributed by atoms with Gasteiger partial charge in [0.15, 0.2) is 6.61 Å². The van der Waals surface area contributed by atoms with Crippen molar-refractivity contribution in [3.8, 4) is 11.5 Å². The number of ether oxygens (including phenoxy) is 2. The van der Waals surface area contributed by atoms with Crippen LogP contribution in [0.5, 0.6) is 11.5 Å². The normalized spacial score (nSPS) is 11.5. The highest BCUT2D eigenvalue weighted by molar-refractivity contribution is 7.09. The Hall–Kier alpha value is -3.39. The number of carbonyl (C=O) groups excluding carboxylic acids is 2. The number of amides is 2. The second-order valence-corrected chi connectivity index (χ2v) is 8.78. The molecular weight excluding hydrogens is 438 g/mol. The SMILES string of the molecule is CCC(NC(=O)c1ccc(OCc2csc(C)n2)cc1)c1ccccc1OCC(=O)N(C)C. The van der Waals surface area contributed by atoms with E-state index in [1.807, 2.05) is 43.5 Å². The first kappa shape index (κ1) is 24.3. The van der Waals surface area contributed by atoms with Crippen LogP contribution >= 0.6 is 11.3 Å². The number of nitrogens with zero attached hydrogens (tertiary/aromatic N) is 2. The number of benzene rings is 2. The van der Waals surface area contributed by atoms with E-state index in [9.17, 15) is 9.59 Å². The molecule has 2 aromatic carbocycles. The first-order valence-corrected chi connectivity index (χ1v) is 11.6. The third kappa shape index (κ3) is 6.79. The van der Waals surface area contributed by atoms with Crippen molar-refractivity contribution in [3.63, 3.8) is 0 Å². The maximum Gasteiger partial charge on any atom is 0.259 e. The molecule has 0 spiro atoms. The molecule has 0 saturated heterocycles. The van der Waals surface area contributed by atoms with Crippen LogP contribution in [0, 0.1) is 6.92 Å². The average Bonchev–Trinajstić information content (AvgIpc) is 3.25. The first-order valence-electron chi connectivity index (χ1n) is 10.7. The molecule has 0 bridgehead atoms. The third-order valence-corrected chi connectivity index (χ3v) is 5.85. The number of hydrogen-bond donors (Lipinski definition) is 1. The third-order valence-electron chi connectivity index (χ3n) is 5.03. The summed E-state index contributed by atoms with van der Waals surface area (Å²) in [5.41, 5.74) is 2.25. The molecule has 0 aliphatic heterocycles. The molecule has 174 valence electrons. The Morgan fingerprint density at radius 1 is 1.09 bits per heavy atom. The quantitative estimate of drug-likeness (QED) is 0.479. The Morgan fingerprint density at radius 2 is 1.82 bits per heavy atom. The molecular formula is C25H29N3O4S. The topological polar surface area (TPSA) is 80.8 Å². The number of nitrogens with one attached hydrogen (secondary N) is 1. The minimum atomic E-state index is -0.257. The summed E-state index contributed by atoms with van der Waals surface area (Å²) >= 11 is 1.59. The summed E-state index contributed by atoms with van der Waals surface area (Å²) in [4.78, 5) is 30.6. The molecule has 1 N–H and O–H groups in total. The molecule has 1 heterocycles. The number of aromatic nitrogens is 1. The minimum Gasteiger partial charge on any atom is -0.487 e. The highest BCUT2D eigenvalue weighted by atomic mass is 32.1. The fourth-order valence-corrected chi connectivity index (χ4v) is 3.74. The molecule has 8 heteroatoms. The molecule has 0 aliphatic carbocycles. The second-order valence-electron chi connectivity index (χ2n) is 7.72. The van der Waals surface area contributed by atoms with Gasteiger partial charge in [0.25, 0.3) is 11.8 Å². The molecule has 2 amide bonds. The Morgan fingerprint density at radius 3 is 2.45 bits per heavy atom. The molecule has 1 aromatic heterocycles. The zero-order chi connectivity index (χ0) is 23.8. The summed E-state index contributed by atoms with van der Waals surface area (Å²) in [7, 11) is 3.37. The van der Waals surface area contributed by atoms with Crippen molar-refractivity contribution in [1.82, 2.24) is 15.2 Å². The molecule has 1 unspecified atom stereocenters. The van der Waals surface area contributed by atoms with Crippen LogP contribution in [0.2, 0.25) is 0 Å². The fourth-order valence-electron chi connectivity index (χ4n) is 3.14. The number of para-hydroxylation sites is 1. The lowest BCUT2D eigenvalue weighted by Gasteiger charge is -2.21. The van der Waals surface area contributed by atoms with Gasteiger partial charge < -0.3 is 19.7 Å². The van der Waals surface area contributed by atoms with Crippen molar-refractivity contribution in [2.75, 3.05) is 20.7 Å². The van der Waals surface area contributed by atoms with Crippen LogP contribution < -0.4 is 14.8 Å². The lowest BCUT2D eigenvalue weighted by atomic mass is 10.0. The Labute approximate surface area is 198 Å². The van der Waals surface area contributed by atoms with E-state index in [-0.39, 0.29) is 24.5 Å². The molecule has 3 aromatic rings. The molecule has 0 saturated carbocycles. The number of thiazole rings is 1. The van der Waals surface area contributed by atoms with Crippen molar-refractivity contribution in [2.45, 2.75) is 32.9 Å². The van der Waals surface area contributed by atoms with Crippen molar-refractivity contribution in [3.05, 3.63) is 75.7 Å². The van der Waals surface area contributed by atoms with Gasteiger partial charge in [-0.1, -0.05) is 25.1 Å². The molecule has 1 atom stereocenters. The van der Waals surface area contributed by atoms with Gasteiger partial charge in [0.1, 0.15) is 18.1 Å². The van der Waals surface area contributed by atoms with Crippen LogP contribution in [0.25, 0.3) is 0 Å². The zero-order valence-corrected chi connectivity index (χ0v) is 20.1. The summed E-state index contributed by atoms with van der Waals surface area (Å²) in [6.07, 6.45) is 0.669. The van der Waals surface area contributed by atoms with E-state index in [0.717, 1.165) is 16.3 Å². The van der Waals surface area contributed by atoms with E-state index in [2.05, 4.69) is 10.3 Å². The predicted octanol–water partition coefficient (Wildman–Crippen LogP) is 4.38. The summed E-state index contributed by atoms with van der Waals surface area (Å²) in [6.45, 7) is 4.28. The summed E-state index contributed by atoms with van der Waals surface area (Å²) < 4.78 is 11.5. The number of aryl methyl sites for hydroxylation is 1. The highest BCUT2D eigenvalue weighted by Gasteiger charge is 2.19. The van der Waals surface area contributed by atoms with Crippen molar-refractivity contribution in [2.24, 2.45) is 0 Å². The number of carbonyl (C=O) groups is 2. The summed E-state index contributed by atoms with van der Waals surface area (Å²) in [5.74, 6) is 0.936. The van der Waals surface area contributed by atoms with Gasteiger partial charge >= 0.3 is 0 Å². The minimum absolute atomic E-state index is 0.0592. The maximum atomic E-state index is 12.9. The Bertz CT molecular complexity index is 1080. The second kappa shape index (κ2) is 11.5. The Balaban J connectivity index is 1.63. The van der Waals surface area contributed by atoms with Gasteiger partial charge in [0, 0.05) is 30.6 Å². The summed E-state index contributed by atoms with van der Waals surface area (Å²) in [5, 5.41) is 6.04. The number of rotatable bonds is 10. The standard InChI is InChI=1S/C25H29N3O4S/c1-5-22(21-8-6-7-9-23(21)32-15-24(29)28(3)4)27-25(30)18-10-12-20(13-11-18)31-14-19-16-33-17(2)26-19/h6-13,16,22H,5,14-15H2,1-4H3,(H,27,30). The van der Waals surface area contributed by atoms with Gasteiger partial charge in [-0.25, -0.2) is 4.98 Å². The van der Waals surface area contributed by atoms with Gasteiger partial charge in [-0.15, -0.1) is 11.3 Å². The molecule has 3 rings (SSSR count). The molecule has 7 nitrogen and oxygen atoms in total. The van der Waals surface area contributed by atoms with Crippen LogP contribution in [0.15, 0.2) is 53.9 Å². The fraction of sp³-hybridized carbons (Fsp3) is 0.320. The van der Waals surface area contributed by atoms with Gasteiger partial charge in [-0.2, -0.15) is 0 Å². The Kier molecular flexibility index (Phi) is 8.43. The van der Waals surface area contributed by atoms with Crippen LogP contribution in [-0.4, -0.2) is 42.4 Å². The van der Waals surface area contributed by atoms with Gasteiger partial charge in [0.05, 0.1) is 16.7 Å². The molecule has 0 radical (unpaired) electrons. The van der Waals surface area contributed by atoms with Gasteiger partial charge in [0.2, 0.25) is 0 Å². The monoisotopic (exact) mass is 467 g/mol. The van der Waals surface area contributed by atoms with Crippen LogP contribution in [0.3, 0.4) is 0 Å². The predicted molar refractivity (Wildman–Crippen MR) is 129 cm³/mol. The van der Waals surface area contributed by atoms with Crippen molar-refractivity contribution in [1.29, 1.82) is 0 Å². The van der Waals surface area contributed by atoms with Gasteiger partial charge in [-0.05, 0) is 43.7 Å². The zero-order valence-electron chi connectivity index (χ0n) is 19.3. The highest BCUT2D eigenvalue weighted by Crippen LogP contribution is 2.28. The lowest BCUT2D eigenvalue weighted by molar-refractivity contribution is -0.130. The summed E-state index contributed by atoms with van der Waals surface area (Å²) in [6, 6.07) is 14.2. The first-order chi connectivity index (χ1) is 15.9. The smallest absolute Gasteiger partial charge is 0.259 e. The average molecular weight is 468 g/mol. The molecule has 0 aliphatic rings.